The molecule has 1 heterocycles. The molecule has 1 saturated heterocycles. The van der Waals surface area contributed by atoms with Crippen LogP contribution < -0.4 is 5.73 Å². The summed E-state index contributed by atoms with van der Waals surface area (Å²) < 4.78 is 0. The molecule has 1 aliphatic heterocycles. The Hall–Kier alpha value is -1.46. The van der Waals surface area contributed by atoms with Gasteiger partial charge in [-0.05, 0) is 24.8 Å². The molecule has 0 radical (unpaired) electrons. The van der Waals surface area contributed by atoms with E-state index in [0.29, 0.717) is 5.92 Å². The van der Waals surface area contributed by atoms with Crippen LogP contribution in [0.3, 0.4) is 0 Å². The van der Waals surface area contributed by atoms with Gasteiger partial charge in [-0.1, -0.05) is 19.1 Å². The van der Waals surface area contributed by atoms with Gasteiger partial charge in [-0.25, -0.2) is 0 Å². The van der Waals surface area contributed by atoms with E-state index in [2.05, 4.69) is 18.7 Å². The van der Waals surface area contributed by atoms with E-state index in [1.54, 1.807) is 12.1 Å². The van der Waals surface area contributed by atoms with Crippen LogP contribution in [0.4, 0.5) is 5.69 Å². The second-order valence-corrected chi connectivity index (χ2v) is 5.45. The molecule has 2 N–H and O–H groups in total. The first-order valence-corrected chi connectivity index (χ1v) is 6.73. The highest BCUT2D eigenvalue weighted by molar-refractivity contribution is 5.35. The van der Waals surface area contributed by atoms with Crippen LogP contribution in [0, 0.1) is 16.0 Å². The molecule has 0 aliphatic carbocycles. The summed E-state index contributed by atoms with van der Waals surface area (Å²) in [6.45, 7) is 6.17. The summed E-state index contributed by atoms with van der Waals surface area (Å²) in [5.41, 5.74) is 7.18. The third-order valence-electron chi connectivity index (χ3n) is 4.11. The lowest BCUT2D eigenvalue weighted by atomic mass is 9.92. The lowest BCUT2D eigenvalue weighted by molar-refractivity contribution is -0.385. The Kier molecular flexibility index (Phi) is 4.17. The highest BCUT2D eigenvalue weighted by Crippen LogP contribution is 2.27. The molecular formula is C14H21N3O2. The largest absolute Gasteiger partial charge is 0.327 e. The predicted molar refractivity (Wildman–Crippen MR) is 74.8 cm³/mol. The maximum absolute atomic E-state index is 10.8. The van der Waals surface area contributed by atoms with Crippen LogP contribution in [-0.4, -0.2) is 29.0 Å². The summed E-state index contributed by atoms with van der Waals surface area (Å²) in [4.78, 5) is 12.8. The van der Waals surface area contributed by atoms with Crippen LogP contribution in [-0.2, 0) is 0 Å². The predicted octanol–water partition coefficient (Wildman–Crippen LogP) is 2.32. The van der Waals surface area contributed by atoms with Crippen molar-refractivity contribution < 1.29 is 4.92 Å². The first-order valence-electron chi connectivity index (χ1n) is 6.73. The number of non-ortho nitro benzene ring substituents is 1. The van der Waals surface area contributed by atoms with Gasteiger partial charge in [0.05, 0.1) is 4.92 Å². The minimum absolute atomic E-state index is 0.158. The van der Waals surface area contributed by atoms with Crippen molar-refractivity contribution in [3.8, 4) is 0 Å². The van der Waals surface area contributed by atoms with Crippen LogP contribution >= 0.6 is 0 Å². The lowest BCUT2D eigenvalue weighted by Gasteiger charge is -2.38. The van der Waals surface area contributed by atoms with Crippen molar-refractivity contribution in [1.29, 1.82) is 0 Å². The highest BCUT2D eigenvalue weighted by atomic mass is 16.6. The zero-order chi connectivity index (χ0) is 14.0. The Morgan fingerprint density at radius 1 is 1.53 bits per heavy atom. The van der Waals surface area contributed by atoms with Crippen molar-refractivity contribution in [1.82, 2.24) is 4.90 Å². The molecule has 0 amide bonds. The molecule has 3 unspecified atom stereocenters. The molecule has 104 valence electrons. The van der Waals surface area contributed by atoms with E-state index in [9.17, 15) is 10.1 Å². The van der Waals surface area contributed by atoms with Gasteiger partial charge in [0.25, 0.3) is 5.69 Å². The molecule has 1 aliphatic rings. The van der Waals surface area contributed by atoms with E-state index >= 15 is 0 Å². The van der Waals surface area contributed by atoms with Gasteiger partial charge in [0.1, 0.15) is 0 Å². The summed E-state index contributed by atoms with van der Waals surface area (Å²) in [5.74, 6) is 0.467. The van der Waals surface area contributed by atoms with Gasteiger partial charge in [-0.15, -0.1) is 0 Å². The molecule has 0 saturated carbocycles. The number of nitro groups is 1. The van der Waals surface area contributed by atoms with Crippen molar-refractivity contribution in [3.63, 3.8) is 0 Å². The third kappa shape index (κ3) is 3.11. The Bertz CT molecular complexity index is 464. The number of likely N-dealkylation sites (tertiary alicyclic amines) is 1. The van der Waals surface area contributed by atoms with Gasteiger partial charge in [-0.3, -0.25) is 15.0 Å². The second-order valence-electron chi connectivity index (χ2n) is 5.45. The van der Waals surface area contributed by atoms with Gasteiger partial charge < -0.3 is 5.73 Å². The van der Waals surface area contributed by atoms with Gasteiger partial charge >= 0.3 is 0 Å². The van der Waals surface area contributed by atoms with E-state index in [-0.39, 0.29) is 22.7 Å². The van der Waals surface area contributed by atoms with Gasteiger partial charge in [0.2, 0.25) is 0 Å². The fraction of sp³-hybridized carbons (Fsp3) is 0.571. The number of nitrogens with zero attached hydrogens (tertiary/aromatic N) is 2. The average molecular weight is 263 g/mol. The number of benzene rings is 1. The minimum Gasteiger partial charge on any atom is -0.327 e. The zero-order valence-corrected chi connectivity index (χ0v) is 11.5. The molecule has 2 rings (SSSR count). The number of hydrogen-bond donors (Lipinski definition) is 1. The maximum Gasteiger partial charge on any atom is 0.269 e. The van der Waals surface area contributed by atoms with Crippen molar-refractivity contribution in [2.45, 2.75) is 32.4 Å². The third-order valence-corrected chi connectivity index (χ3v) is 4.11. The normalized spacial score (nSPS) is 26.1. The molecule has 1 aromatic carbocycles. The smallest absolute Gasteiger partial charge is 0.269 e. The first kappa shape index (κ1) is 14.0. The van der Waals surface area contributed by atoms with Gasteiger partial charge in [0, 0.05) is 37.3 Å². The first-order chi connectivity index (χ1) is 8.99. The van der Waals surface area contributed by atoms with Crippen molar-refractivity contribution in [3.05, 3.63) is 39.9 Å². The van der Waals surface area contributed by atoms with E-state index in [4.69, 9.17) is 5.73 Å². The van der Waals surface area contributed by atoms with Crippen LogP contribution in [0.1, 0.15) is 31.9 Å². The van der Waals surface area contributed by atoms with Crippen LogP contribution in [0.15, 0.2) is 24.3 Å². The van der Waals surface area contributed by atoms with Gasteiger partial charge in [0.15, 0.2) is 0 Å². The Morgan fingerprint density at radius 3 is 2.89 bits per heavy atom. The van der Waals surface area contributed by atoms with Crippen molar-refractivity contribution in [2.24, 2.45) is 11.7 Å². The SMILES string of the molecule is CC1CN(C(C)c2cccc([N+](=O)[O-])c2)CCC1N. The van der Waals surface area contributed by atoms with Gasteiger partial charge in [-0.2, -0.15) is 0 Å². The topological polar surface area (TPSA) is 72.4 Å². The summed E-state index contributed by atoms with van der Waals surface area (Å²) in [6.07, 6.45) is 0.987. The van der Waals surface area contributed by atoms with E-state index < -0.39 is 0 Å². The second kappa shape index (κ2) is 5.67. The highest BCUT2D eigenvalue weighted by Gasteiger charge is 2.27. The molecule has 0 spiro atoms. The molecular weight excluding hydrogens is 242 g/mol. The number of rotatable bonds is 3. The standard InChI is InChI=1S/C14H21N3O2/c1-10-9-16(7-6-14(10)15)11(2)12-4-3-5-13(8-12)17(18)19/h3-5,8,10-11,14H,6-7,9,15H2,1-2H3. The summed E-state index contributed by atoms with van der Waals surface area (Å²) in [5, 5.41) is 10.8. The molecule has 5 heteroatoms. The molecule has 3 atom stereocenters. The van der Waals surface area contributed by atoms with E-state index in [0.717, 1.165) is 25.1 Å². The van der Waals surface area contributed by atoms with E-state index in [1.165, 1.54) is 6.07 Å². The fourth-order valence-corrected chi connectivity index (χ4v) is 2.66. The Labute approximate surface area is 113 Å². The number of hydrogen-bond acceptors (Lipinski definition) is 4. The number of nitrogens with two attached hydrogens (primary N) is 1. The molecule has 19 heavy (non-hydrogen) atoms. The summed E-state index contributed by atoms with van der Waals surface area (Å²) >= 11 is 0. The molecule has 0 bridgehead atoms. The summed E-state index contributed by atoms with van der Waals surface area (Å²) in [6, 6.07) is 7.37. The quantitative estimate of drug-likeness (QED) is 0.671. The van der Waals surface area contributed by atoms with Crippen LogP contribution in [0.2, 0.25) is 0 Å². The molecule has 1 fully saturated rings. The summed E-state index contributed by atoms with van der Waals surface area (Å²) in [7, 11) is 0. The molecule has 0 aromatic heterocycles. The molecule has 1 aromatic rings. The zero-order valence-electron chi connectivity index (χ0n) is 11.5. The maximum atomic E-state index is 10.8. The number of nitro benzene ring substituents is 1. The Balaban J connectivity index is 2.13. The average Bonchev–Trinajstić information content (AvgIpc) is 2.41. The lowest BCUT2D eigenvalue weighted by Crippen LogP contribution is -2.46. The molecule has 5 nitrogen and oxygen atoms in total. The van der Waals surface area contributed by atoms with Crippen molar-refractivity contribution >= 4 is 5.69 Å². The van der Waals surface area contributed by atoms with Crippen LogP contribution in [0.25, 0.3) is 0 Å². The van der Waals surface area contributed by atoms with Crippen LogP contribution in [0.5, 0.6) is 0 Å². The van der Waals surface area contributed by atoms with Crippen molar-refractivity contribution in [2.75, 3.05) is 13.1 Å². The Morgan fingerprint density at radius 2 is 2.26 bits per heavy atom. The fourth-order valence-electron chi connectivity index (χ4n) is 2.66. The number of piperidine rings is 1. The minimum atomic E-state index is -0.342. The van der Waals surface area contributed by atoms with E-state index in [1.807, 2.05) is 6.07 Å². The monoisotopic (exact) mass is 263 g/mol.